The summed E-state index contributed by atoms with van der Waals surface area (Å²) in [5, 5.41) is 0. The maximum Gasteiger partial charge on any atom is 0.0505 e. The van der Waals surface area contributed by atoms with Gasteiger partial charge < -0.3 is 14.8 Å². The molecule has 1 rings (SSSR count). The molecule has 0 N–H and O–H groups in total. The van der Waals surface area contributed by atoms with Crippen LogP contribution >= 0.6 is 0 Å². The molecule has 1 aliphatic carbocycles. The number of aliphatic imine (C=N–C) groups is 1. The predicted octanol–water partition coefficient (Wildman–Crippen LogP) is 1.93. The molecule has 0 unspecified atom stereocenters. The van der Waals surface area contributed by atoms with Gasteiger partial charge in [-0.1, -0.05) is 17.1 Å². The standard InChI is InChI=1S/C13H22N3.Nb/c1-13(2,3)14-10-8-11(15(4)5)12(9-10)16(6)7;/h8H,1-7H3;/q-1;. The van der Waals surface area contributed by atoms with Crippen molar-refractivity contribution >= 4 is 5.71 Å². The summed E-state index contributed by atoms with van der Waals surface area (Å²) in [6.07, 6.45) is 5.42. The molecule has 95 valence electrons. The molecule has 17 heavy (non-hydrogen) atoms. The van der Waals surface area contributed by atoms with Crippen LogP contribution in [-0.2, 0) is 22.4 Å². The maximum absolute atomic E-state index is 4.63. The Morgan fingerprint density at radius 3 is 1.88 bits per heavy atom. The predicted molar refractivity (Wildman–Crippen MR) is 69.4 cm³/mol. The molecule has 0 spiro atoms. The molecule has 0 atom stereocenters. The number of rotatable bonds is 2. The van der Waals surface area contributed by atoms with Crippen LogP contribution in [0.1, 0.15) is 20.8 Å². The van der Waals surface area contributed by atoms with E-state index >= 15 is 0 Å². The molecule has 0 heterocycles. The second-order valence-electron chi connectivity index (χ2n) is 5.46. The monoisotopic (exact) mass is 313 g/mol. The zero-order valence-corrected chi connectivity index (χ0v) is 14.1. The summed E-state index contributed by atoms with van der Waals surface area (Å²) >= 11 is 0. The smallest absolute Gasteiger partial charge is 0.0505 e. The van der Waals surface area contributed by atoms with Crippen LogP contribution < -0.4 is 0 Å². The topological polar surface area (TPSA) is 18.8 Å². The van der Waals surface area contributed by atoms with Crippen molar-refractivity contribution in [3.63, 3.8) is 0 Å². The Hall–Kier alpha value is -0.510. The van der Waals surface area contributed by atoms with E-state index in [1.165, 1.54) is 0 Å². The first-order valence-corrected chi connectivity index (χ1v) is 5.51. The van der Waals surface area contributed by atoms with Crippen molar-refractivity contribution in [2.75, 3.05) is 28.2 Å². The van der Waals surface area contributed by atoms with E-state index in [1.807, 2.05) is 28.2 Å². The van der Waals surface area contributed by atoms with Crippen molar-refractivity contribution in [1.82, 2.24) is 9.80 Å². The zero-order chi connectivity index (χ0) is 12.5. The van der Waals surface area contributed by atoms with Gasteiger partial charge in [-0.3, -0.25) is 0 Å². The molecule has 4 heteroatoms. The third kappa shape index (κ3) is 4.70. The minimum Gasteiger partial charge on any atom is -0.437 e. The summed E-state index contributed by atoms with van der Waals surface area (Å²) in [6, 6.07) is 0. The minimum absolute atomic E-state index is 0. The van der Waals surface area contributed by atoms with E-state index < -0.39 is 0 Å². The van der Waals surface area contributed by atoms with Crippen molar-refractivity contribution in [2.24, 2.45) is 4.99 Å². The second kappa shape index (κ2) is 5.89. The van der Waals surface area contributed by atoms with Crippen molar-refractivity contribution < 1.29 is 22.4 Å². The Labute approximate surface area is 121 Å². The van der Waals surface area contributed by atoms with Crippen LogP contribution in [0.5, 0.6) is 0 Å². The van der Waals surface area contributed by atoms with Gasteiger partial charge in [0.05, 0.1) is 5.54 Å². The van der Waals surface area contributed by atoms with Crippen LogP contribution in [0.25, 0.3) is 0 Å². The normalized spacial score (nSPS) is 17.5. The molecule has 0 saturated heterocycles. The summed E-state index contributed by atoms with van der Waals surface area (Å²) in [5.41, 5.74) is 3.12. The largest absolute Gasteiger partial charge is 0.437 e. The molecule has 0 aromatic carbocycles. The van der Waals surface area contributed by atoms with Crippen LogP contribution in [0.15, 0.2) is 22.5 Å². The van der Waals surface area contributed by atoms with Gasteiger partial charge in [0.2, 0.25) is 0 Å². The van der Waals surface area contributed by atoms with E-state index in [1.54, 1.807) is 0 Å². The number of nitrogens with zero attached hydrogens (tertiary/aromatic N) is 3. The van der Waals surface area contributed by atoms with Gasteiger partial charge >= 0.3 is 0 Å². The van der Waals surface area contributed by atoms with E-state index in [4.69, 9.17) is 0 Å². The molecule has 0 aromatic rings. The third-order valence-electron chi connectivity index (χ3n) is 2.15. The second-order valence-corrected chi connectivity index (χ2v) is 5.46. The average Bonchev–Trinajstić information content (AvgIpc) is 2.44. The molecule has 0 fully saturated rings. The molecule has 1 radical (unpaired) electrons. The maximum atomic E-state index is 4.63. The van der Waals surface area contributed by atoms with E-state index in [0.29, 0.717) is 0 Å². The Morgan fingerprint density at radius 2 is 1.59 bits per heavy atom. The fraction of sp³-hybridized carbons (Fsp3) is 0.615. The molecule has 0 aromatic heterocycles. The molecule has 3 nitrogen and oxygen atoms in total. The van der Waals surface area contributed by atoms with Crippen LogP contribution in [0.2, 0.25) is 0 Å². The van der Waals surface area contributed by atoms with Crippen LogP contribution in [0, 0.1) is 6.08 Å². The average molecular weight is 313 g/mol. The molecular formula is C13H22N3Nb-. The Morgan fingerprint density at radius 1 is 1.06 bits per heavy atom. The van der Waals surface area contributed by atoms with Crippen LogP contribution in [-0.4, -0.2) is 49.2 Å². The van der Waals surface area contributed by atoms with Gasteiger partial charge in [-0.05, 0) is 34.9 Å². The van der Waals surface area contributed by atoms with Gasteiger partial charge in [0.15, 0.2) is 0 Å². The van der Waals surface area contributed by atoms with Gasteiger partial charge in [-0.15, -0.1) is 6.08 Å². The summed E-state index contributed by atoms with van der Waals surface area (Å²) in [6.45, 7) is 6.29. The Balaban J connectivity index is 0.00000256. The zero-order valence-electron chi connectivity index (χ0n) is 11.9. The van der Waals surface area contributed by atoms with Crippen molar-refractivity contribution in [3.05, 3.63) is 23.5 Å². The molecule has 0 amide bonds. The molecule has 0 aliphatic heterocycles. The first-order valence-electron chi connectivity index (χ1n) is 5.51. The van der Waals surface area contributed by atoms with Crippen LogP contribution in [0.4, 0.5) is 0 Å². The summed E-state index contributed by atoms with van der Waals surface area (Å²) in [4.78, 5) is 8.79. The molecular weight excluding hydrogens is 291 g/mol. The Kier molecular flexibility index (Phi) is 5.72. The SMILES string of the molecule is CN(C)C1=[C-]C(=NC(C)(C)C)C=C1N(C)C.[Nb]. The number of hydrogen-bond donors (Lipinski definition) is 0. The summed E-state index contributed by atoms with van der Waals surface area (Å²) < 4.78 is 0. The fourth-order valence-corrected chi connectivity index (χ4v) is 1.52. The summed E-state index contributed by atoms with van der Waals surface area (Å²) in [5.74, 6) is 0. The van der Waals surface area contributed by atoms with E-state index in [2.05, 4.69) is 47.7 Å². The van der Waals surface area contributed by atoms with Gasteiger partial charge in [0.25, 0.3) is 0 Å². The third-order valence-corrected chi connectivity index (χ3v) is 2.15. The quantitative estimate of drug-likeness (QED) is 0.573. The van der Waals surface area contributed by atoms with Gasteiger partial charge in [0.1, 0.15) is 0 Å². The van der Waals surface area contributed by atoms with Crippen molar-refractivity contribution in [2.45, 2.75) is 26.3 Å². The van der Waals surface area contributed by atoms with Gasteiger partial charge in [-0.25, -0.2) is 0 Å². The van der Waals surface area contributed by atoms with E-state index in [9.17, 15) is 0 Å². The van der Waals surface area contributed by atoms with Crippen LogP contribution in [0.3, 0.4) is 0 Å². The number of allylic oxidation sites excluding steroid dienone is 2. The number of hydrogen-bond acceptors (Lipinski definition) is 3. The molecule has 0 saturated carbocycles. The van der Waals surface area contributed by atoms with Crippen molar-refractivity contribution in [1.29, 1.82) is 0 Å². The Bertz CT molecular complexity index is 331. The first kappa shape index (κ1) is 16.5. The molecule has 1 aliphatic rings. The van der Waals surface area contributed by atoms with E-state index in [-0.39, 0.29) is 27.9 Å². The minimum atomic E-state index is -0.0575. The van der Waals surface area contributed by atoms with E-state index in [0.717, 1.165) is 17.1 Å². The van der Waals surface area contributed by atoms with Gasteiger partial charge in [-0.2, -0.15) is 6.08 Å². The van der Waals surface area contributed by atoms with Crippen molar-refractivity contribution in [3.8, 4) is 0 Å². The first-order chi connectivity index (χ1) is 7.20. The fourth-order valence-electron chi connectivity index (χ4n) is 1.52. The molecule has 0 bridgehead atoms. The summed E-state index contributed by atoms with van der Waals surface area (Å²) in [7, 11) is 8.13. The number of likely N-dealkylation sites (N-methyl/N-ethyl adjacent to an activating group) is 2. The van der Waals surface area contributed by atoms with Gasteiger partial charge in [0, 0.05) is 36.5 Å².